The normalized spacial score (nSPS) is 16.9. The topological polar surface area (TPSA) is 126 Å². The smallest absolute Gasteiger partial charge is 0.475 e. The van der Waals surface area contributed by atoms with Crippen LogP contribution in [0.2, 0.25) is 0 Å². The van der Waals surface area contributed by atoms with Crippen molar-refractivity contribution in [2.24, 2.45) is 7.05 Å². The summed E-state index contributed by atoms with van der Waals surface area (Å²) in [6, 6.07) is -0.0456. The van der Waals surface area contributed by atoms with Crippen LogP contribution in [0.5, 0.6) is 0 Å². The molecule has 2 N–H and O–H groups in total. The van der Waals surface area contributed by atoms with Crippen molar-refractivity contribution in [3.05, 3.63) is 18.2 Å². The molecule has 1 amide bonds. The van der Waals surface area contributed by atoms with Crippen LogP contribution in [0, 0.1) is 0 Å². The summed E-state index contributed by atoms with van der Waals surface area (Å²) in [5.74, 6) is -1.94. The van der Waals surface area contributed by atoms with E-state index in [2.05, 4.69) is 20.6 Å². The maximum Gasteiger partial charge on any atom is 0.490 e. The minimum absolute atomic E-state index is 0.00713. The Kier molecular flexibility index (Phi) is 6.26. The van der Waals surface area contributed by atoms with Crippen molar-refractivity contribution in [1.82, 2.24) is 19.9 Å². The maximum absolute atomic E-state index is 12.4. The molecule has 10 nitrogen and oxygen atoms in total. The Hall–Kier alpha value is -3.12. The number of anilines is 2. The Bertz CT molecular complexity index is 832. The van der Waals surface area contributed by atoms with Gasteiger partial charge in [-0.2, -0.15) is 23.3 Å². The number of carboxylic acid groups (broad SMARTS) is 1. The molecule has 0 aliphatic carbocycles. The predicted molar refractivity (Wildman–Crippen MR) is 89.7 cm³/mol. The number of alkyl halides is 3. The van der Waals surface area contributed by atoms with Crippen LogP contribution in [0.1, 0.15) is 32.0 Å². The highest BCUT2D eigenvalue weighted by Crippen LogP contribution is 2.23. The van der Waals surface area contributed by atoms with E-state index in [0.29, 0.717) is 24.8 Å². The highest BCUT2D eigenvalue weighted by molar-refractivity contribution is 6.00. The van der Waals surface area contributed by atoms with E-state index in [1.54, 1.807) is 15.8 Å². The molecule has 0 radical (unpaired) electrons. The Morgan fingerprint density at radius 3 is 2.54 bits per heavy atom. The summed E-state index contributed by atoms with van der Waals surface area (Å²) >= 11 is 0. The highest BCUT2D eigenvalue weighted by Gasteiger charge is 2.38. The van der Waals surface area contributed by atoms with Crippen LogP contribution in [0.4, 0.5) is 24.9 Å². The van der Waals surface area contributed by atoms with Crippen molar-refractivity contribution in [2.75, 3.05) is 16.8 Å². The molecule has 0 aromatic carbocycles. The van der Waals surface area contributed by atoms with E-state index in [9.17, 15) is 18.0 Å². The second-order valence-corrected chi connectivity index (χ2v) is 6.26. The zero-order valence-electron chi connectivity index (χ0n) is 15.3. The van der Waals surface area contributed by atoms with Crippen molar-refractivity contribution < 1.29 is 32.4 Å². The first kappa shape index (κ1) is 21.2. The summed E-state index contributed by atoms with van der Waals surface area (Å²) in [6.45, 7) is 4.62. The monoisotopic (exact) mass is 404 g/mol. The van der Waals surface area contributed by atoms with Gasteiger partial charge in [0.1, 0.15) is 6.04 Å². The van der Waals surface area contributed by atoms with E-state index >= 15 is 0 Å². The molecular formula is C15H19F3N6O4. The number of hydrogen-bond acceptors (Lipinski definition) is 7. The van der Waals surface area contributed by atoms with Crippen LogP contribution >= 0.6 is 0 Å². The third-order valence-corrected chi connectivity index (χ3v) is 3.71. The minimum Gasteiger partial charge on any atom is -0.475 e. The first-order valence-corrected chi connectivity index (χ1v) is 8.19. The molecule has 2 aromatic rings. The molecule has 1 fully saturated rings. The lowest BCUT2D eigenvalue weighted by molar-refractivity contribution is -0.192. The Balaban J connectivity index is 0.000000345. The van der Waals surface area contributed by atoms with Gasteiger partial charge in [-0.25, -0.2) is 4.79 Å². The molecule has 1 atom stereocenters. The van der Waals surface area contributed by atoms with Gasteiger partial charge in [-0.1, -0.05) is 19.0 Å². The van der Waals surface area contributed by atoms with Gasteiger partial charge in [0.25, 0.3) is 0 Å². The van der Waals surface area contributed by atoms with Crippen molar-refractivity contribution in [1.29, 1.82) is 0 Å². The molecule has 1 aliphatic rings. The number of nitrogens with zero attached hydrogens (tertiary/aromatic N) is 5. The van der Waals surface area contributed by atoms with Crippen LogP contribution < -0.4 is 10.2 Å². The third kappa shape index (κ3) is 5.20. The molecule has 3 heterocycles. The van der Waals surface area contributed by atoms with Crippen LogP contribution in [0.15, 0.2) is 16.9 Å². The fourth-order valence-electron chi connectivity index (χ4n) is 2.29. The summed E-state index contributed by atoms with van der Waals surface area (Å²) in [5.41, 5.74) is 0.806. The molecule has 3 rings (SSSR count). The lowest BCUT2D eigenvalue weighted by Gasteiger charge is -2.14. The van der Waals surface area contributed by atoms with Crippen molar-refractivity contribution in [3.8, 4) is 0 Å². The number of carbonyl (C=O) groups is 2. The van der Waals surface area contributed by atoms with E-state index in [1.165, 1.54) is 0 Å². The predicted octanol–water partition coefficient (Wildman–Crippen LogP) is 1.78. The average Bonchev–Trinajstić information content (AvgIpc) is 3.29. The number of carboxylic acids is 1. The first-order chi connectivity index (χ1) is 13.0. The van der Waals surface area contributed by atoms with Gasteiger partial charge < -0.3 is 19.8 Å². The van der Waals surface area contributed by atoms with E-state index < -0.39 is 12.1 Å². The van der Waals surface area contributed by atoms with Gasteiger partial charge in [-0.15, -0.1) is 0 Å². The number of hydrogen-bond donors (Lipinski definition) is 2. The van der Waals surface area contributed by atoms with Crippen molar-refractivity contribution in [2.45, 2.75) is 38.4 Å². The Morgan fingerprint density at radius 1 is 1.43 bits per heavy atom. The lowest BCUT2D eigenvalue weighted by Crippen LogP contribution is -2.33. The molecule has 13 heteroatoms. The number of aliphatic carboxylic acids is 1. The van der Waals surface area contributed by atoms with Gasteiger partial charge in [-0.3, -0.25) is 9.48 Å². The molecule has 0 spiro atoms. The average molecular weight is 404 g/mol. The molecule has 1 aliphatic heterocycles. The van der Waals surface area contributed by atoms with Crippen LogP contribution in [-0.2, 0) is 16.6 Å². The second-order valence-electron chi connectivity index (χ2n) is 6.26. The third-order valence-electron chi connectivity index (χ3n) is 3.71. The number of rotatable bonds is 4. The van der Waals surface area contributed by atoms with Gasteiger partial charge in [0, 0.05) is 25.7 Å². The van der Waals surface area contributed by atoms with Gasteiger partial charge in [-0.05, 0) is 6.42 Å². The number of amides is 1. The molecule has 1 unspecified atom stereocenters. The summed E-state index contributed by atoms with van der Waals surface area (Å²) in [6.07, 6.45) is -0.888. The second kappa shape index (κ2) is 8.27. The number of aryl methyl sites for hydroxylation is 1. The Labute approximate surface area is 157 Å². The van der Waals surface area contributed by atoms with Crippen LogP contribution in [0.25, 0.3) is 0 Å². The zero-order chi connectivity index (χ0) is 21.1. The minimum atomic E-state index is -5.08. The fraction of sp³-hybridized carbons (Fsp3) is 0.533. The maximum atomic E-state index is 12.4. The van der Waals surface area contributed by atoms with Gasteiger partial charge in [0.15, 0.2) is 5.82 Å². The van der Waals surface area contributed by atoms with Crippen molar-refractivity contribution >= 4 is 23.6 Å². The van der Waals surface area contributed by atoms with Gasteiger partial charge >= 0.3 is 18.2 Å². The SMILES string of the molecule is CC(C)c1noc(NC2CCN(c3cnn(C)c3)C2=O)n1.O=C(O)C(F)(F)F. The zero-order valence-corrected chi connectivity index (χ0v) is 15.3. The molecule has 2 aromatic heterocycles. The van der Waals surface area contributed by atoms with Crippen LogP contribution in [-0.4, -0.2) is 55.7 Å². The van der Waals surface area contributed by atoms with Gasteiger partial charge in [0.05, 0.1) is 11.9 Å². The summed E-state index contributed by atoms with van der Waals surface area (Å²) in [7, 11) is 1.83. The molecule has 0 bridgehead atoms. The molecule has 0 saturated carbocycles. The van der Waals surface area contributed by atoms with Crippen molar-refractivity contribution in [3.63, 3.8) is 0 Å². The van der Waals surface area contributed by atoms with E-state index in [-0.39, 0.29) is 17.9 Å². The quantitative estimate of drug-likeness (QED) is 0.790. The van der Waals surface area contributed by atoms with Gasteiger partial charge in [0.2, 0.25) is 5.91 Å². The summed E-state index contributed by atoms with van der Waals surface area (Å²) in [4.78, 5) is 27.2. The number of aromatic nitrogens is 4. The summed E-state index contributed by atoms with van der Waals surface area (Å²) < 4.78 is 38.5. The highest BCUT2D eigenvalue weighted by atomic mass is 19.4. The molecule has 154 valence electrons. The fourth-order valence-corrected chi connectivity index (χ4v) is 2.29. The standard InChI is InChI=1S/C13H18N6O2.C2HF3O2/c1-8(2)11-16-13(21-17-11)15-10-4-5-19(12(10)20)9-6-14-18(3)7-9;3-2(4,5)1(6)7/h6-8,10H,4-5H2,1-3H3,(H,15,16,17);(H,6,7). The largest absolute Gasteiger partial charge is 0.490 e. The molecule has 28 heavy (non-hydrogen) atoms. The number of carbonyl (C=O) groups excluding carboxylic acids is 1. The first-order valence-electron chi connectivity index (χ1n) is 8.19. The van der Waals surface area contributed by atoms with Crippen LogP contribution in [0.3, 0.4) is 0 Å². The number of halogens is 3. The number of nitrogens with one attached hydrogen (secondary N) is 1. The van der Waals surface area contributed by atoms with E-state index in [0.717, 1.165) is 5.69 Å². The Morgan fingerprint density at radius 2 is 2.07 bits per heavy atom. The van der Waals surface area contributed by atoms with E-state index in [4.69, 9.17) is 14.4 Å². The summed E-state index contributed by atoms with van der Waals surface area (Å²) in [5, 5.41) is 18.1. The molecular weight excluding hydrogens is 385 g/mol. The lowest BCUT2D eigenvalue weighted by atomic mass is 10.2. The van der Waals surface area contributed by atoms with E-state index in [1.807, 2.05) is 27.1 Å². The molecule has 1 saturated heterocycles.